The van der Waals surface area contributed by atoms with Crippen LogP contribution in [0.25, 0.3) is 0 Å². The monoisotopic (exact) mass is 421 g/mol. The van der Waals surface area contributed by atoms with Crippen LogP contribution in [-0.2, 0) is 17.9 Å². The summed E-state index contributed by atoms with van der Waals surface area (Å²) in [5.74, 6) is -0.636. The zero-order valence-electron chi connectivity index (χ0n) is 17.3. The molecule has 2 amide bonds. The van der Waals surface area contributed by atoms with Crippen LogP contribution < -0.4 is 10.6 Å². The van der Waals surface area contributed by atoms with Gasteiger partial charge in [-0.25, -0.2) is 0 Å². The summed E-state index contributed by atoms with van der Waals surface area (Å²) in [4.78, 5) is 34.9. The van der Waals surface area contributed by atoms with Crippen LogP contribution in [0.2, 0.25) is 0 Å². The van der Waals surface area contributed by atoms with Gasteiger partial charge in [0.05, 0.1) is 18.0 Å². The van der Waals surface area contributed by atoms with Crippen molar-refractivity contribution in [3.05, 3.63) is 92.8 Å². The van der Waals surface area contributed by atoms with Gasteiger partial charge in [-0.1, -0.05) is 42.5 Å². The highest BCUT2D eigenvalue weighted by molar-refractivity contribution is 5.96. The molecule has 31 heavy (non-hydrogen) atoms. The minimum atomic E-state index is -0.433. The van der Waals surface area contributed by atoms with E-state index in [1.54, 1.807) is 42.8 Å². The van der Waals surface area contributed by atoms with Gasteiger partial charge >= 0.3 is 5.69 Å². The quantitative estimate of drug-likeness (QED) is 0.428. The Kier molecular flexibility index (Phi) is 6.76. The second-order valence-electron chi connectivity index (χ2n) is 7.08. The Morgan fingerprint density at radius 3 is 2.29 bits per heavy atom. The lowest BCUT2D eigenvalue weighted by Crippen LogP contribution is -2.36. The van der Waals surface area contributed by atoms with E-state index in [1.165, 1.54) is 0 Å². The molecule has 160 valence electrons. The Labute approximate surface area is 179 Å². The molecule has 0 spiro atoms. The molecule has 2 N–H and O–H groups in total. The highest BCUT2D eigenvalue weighted by atomic mass is 16.6. The molecule has 0 radical (unpaired) electrons. The van der Waals surface area contributed by atoms with E-state index < -0.39 is 4.92 Å². The Balaban J connectivity index is 1.52. The second kappa shape index (κ2) is 9.66. The van der Waals surface area contributed by atoms with Crippen molar-refractivity contribution in [2.24, 2.45) is 0 Å². The molecule has 0 aliphatic heterocycles. The molecule has 0 unspecified atom stereocenters. The Hall–Kier alpha value is -4.01. The number of nitrogens with zero attached hydrogens (tertiary/aromatic N) is 3. The number of hydrogen-bond acceptors (Lipinski definition) is 5. The van der Waals surface area contributed by atoms with Gasteiger partial charge in [0.25, 0.3) is 5.91 Å². The van der Waals surface area contributed by atoms with Gasteiger partial charge in [-0.05, 0) is 37.1 Å². The van der Waals surface area contributed by atoms with E-state index in [0.29, 0.717) is 30.0 Å². The number of carbonyl (C=O) groups is 2. The van der Waals surface area contributed by atoms with Crippen molar-refractivity contribution >= 4 is 17.5 Å². The Bertz CT molecular complexity index is 1090. The lowest BCUT2D eigenvalue weighted by atomic mass is 10.1. The molecule has 2 aromatic carbocycles. The van der Waals surface area contributed by atoms with Gasteiger partial charge in [0, 0.05) is 12.1 Å². The summed E-state index contributed by atoms with van der Waals surface area (Å²) >= 11 is 0. The molecule has 3 aromatic rings. The molecule has 3 rings (SSSR count). The van der Waals surface area contributed by atoms with Gasteiger partial charge in [-0.3, -0.25) is 24.4 Å². The lowest BCUT2D eigenvalue weighted by molar-refractivity contribution is -0.386. The van der Waals surface area contributed by atoms with Crippen LogP contribution in [0.4, 0.5) is 5.69 Å². The van der Waals surface area contributed by atoms with Crippen molar-refractivity contribution in [3.63, 3.8) is 0 Å². The van der Waals surface area contributed by atoms with Gasteiger partial charge in [-0.15, -0.1) is 0 Å². The first-order valence-electron chi connectivity index (χ1n) is 9.71. The van der Waals surface area contributed by atoms with Crippen LogP contribution in [0.5, 0.6) is 0 Å². The number of hydrogen-bond donors (Lipinski definition) is 2. The van der Waals surface area contributed by atoms with Gasteiger partial charge in [0.1, 0.15) is 11.4 Å². The number of benzene rings is 2. The minimum absolute atomic E-state index is 0.0153. The third-order valence-corrected chi connectivity index (χ3v) is 4.82. The molecule has 0 aliphatic rings. The summed E-state index contributed by atoms with van der Waals surface area (Å²) in [5, 5.41) is 20.7. The predicted octanol–water partition coefficient (Wildman–Crippen LogP) is 2.50. The maximum atomic E-state index is 12.3. The average molecular weight is 421 g/mol. The van der Waals surface area contributed by atoms with E-state index >= 15 is 0 Å². The van der Waals surface area contributed by atoms with Crippen molar-refractivity contribution in [1.29, 1.82) is 0 Å². The highest BCUT2D eigenvalue weighted by Crippen LogP contribution is 2.22. The number of carbonyl (C=O) groups excluding carboxylic acids is 2. The van der Waals surface area contributed by atoms with Crippen LogP contribution in [-0.4, -0.2) is 33.1 Å². The molecule has 0 saturated heterocycles. The standard InChI is InChI=1S/C22H23N5O4/c1-15-21(27(30)31)16(2)26(25-15)14-18-8-10-19(11-9-18)22(29)24-13-20(28)23-12-17-6-4-3-5-7-17/h3-11H,12-14H2,1-2H3,(H,23,28)(H,24,29). The molecule has 1 heterocycles. The van der Waals surface area contributed by atoms with Crippen molar-refractivity contribution in [2.45, 2.75) is 26.9 Å². The molecule has 0 saturated carbocycles. The highest BCUT2D eigenvalue weighted by Gasteiger charge is 2.21. The van der Waals surface area contributed by atoms with Crippen molar-refractivity contribution < 1.29 is 14.5 Å². The fourth-order valence-corrected chi connectivity index (χ4v) is 3.16. The fraction of sp³-hybridized carbons (Fsp3) is 0.227. The van der Waals surface area contributed by atoms with E-state index in [0.717, 1.165) is 11.1 Å². The average Bonchev–Trinajstić information content (AvgIpc) is 3.04. The normalized spacial score (nSPS) is 10.5. The van der Waals surface area contributed by atoms with Crippen LogP contribution in [0.3, 0.4) is 0 Å². The molecule has 0 atom stereocenters. The Morgan fingerprint density at radius 2 is 1.68 bits per heavy atom. The third-order valence-electron chi connectivity index (χ3n) is 4.82. The molecular weight excluding hydrogens is 398 g/mol. The molecule has 9 heteroatoms. The van der Waals surface area contributed by atoms with Crippen molar-refractivity contribution in [1.82, 2.24) is 20.4 Å². The number of nitrogens with one attached hydrogen (secondary N) is 2. The van der Waals surface area contributed by atoms with Crippen molar-refractivity contribution in [3.8, 4) is 0 Å². The summed E-state index contributed by atoms with van der Waals surface area (Å²) in [6, 6.07) is 16.3. The summed E-state index contributed by atoms with van der Waals surface area (Å²) in [6.45, 7) is 3.88. The van der Waals surface area contributed by atoms with E-state index in [1.807, 2.05) is 30.3 Å². The van der Waals surface area contributed by atoms with E-state index in [2.05, 4.69) is 15.7 Å². The van der Waals surface area contributed by atoms with Crippen LogP contribution >= 0.6 is 0 Å². The molecular formula is C22H23N5O4. The summed E-state index contributed by atoms with van der Waals surface area (Å²) in [6.07, 6.45) is 0. The maximum absolute atomic E-state index is 12.3. The fourth-order valence-electron chi connectivity index (χ4n) is 3.16. The number of amides is 2. The SMILES string of the molecule is Cc1nn(Cc2ccc(C(=O)NCC(=O)NCc3ccccc3)cc2)c(C)c1[N+](=O)[O-]. The maximum Gasteiger partial charge on any atom is 0.312 e. The van der Waals surface area contributed by atoms with Gasteiger partial charge in [-0.2, -0.15) is 5.10 Å². The number of nitro groups is 1. The van der Waals surface area contributed by atoms with Crippen LogP contribution in [0.1, 0.15) is 32.9 Å². The Morgan fingerprint density at radius 1 is 1.00 bits per heavy atom. The van der Waals surface area contributed by atoms with Gasteiger partial charge in [0.15, 0.2) is 0 Å². The minimum Gasteiger partial charge on any atom is -0.350 e. The van der Waals surface area contributed by atoms with E-state index in [-0.39, 0.29) is 24.0 Å². The van der Waals surface area contributed by atoms with E-state index in [4.69, 9.17) is 0 Å². The smallest absolute Gasteiger partial charge is 0.312 e. The molecule has 0 bridgehead atoms. The number of rotatable bonds is 8. The van der Waals surface area contributed by atoms with E-state index in [9.17, 15) is 19.7 Å². The molecule has 9 nitrogen and oxygen atoms in total. The third kappa shape index (κ3) is 5.53. The lowest BCUT2D eigenvalue weighted by Gasteiger charge is -2.08. The first kappa shape index (κ1) is 21.7. The summed E-state index contributed by atoms with van der Waals surface area (Å²) in [5.41, 5.74) is 3.10. The topological polar surface area (TPSA) is 119 Å². The summed E-state index contributed by atoms with van der Waals surface area (Å²) in [7, 11) is 0. The zero-order chi connectivity index (χ0) is 22.4. The second-order valence-corrected chi connectivity index (χ2v) is 7.08. The molecule has 0 aliphatic carbocycles. The summed E-state index contributed by atoms with van der Waals surface area (Å²) < 4.78 is 1.57. The first-order chi connectivity index (χ1) is 14.8. The van der Waals surface area contributed by atoms with Gasteiger partial charge < -0.3 is 10.6 Å². The largest absolute Gasteiger partial charge is 0.350 e. The predicted molar refractivity (Wildman–Crippen MR) is 115 cm³/mol. The number of aromatic nitrogens is 2. The molecule has 1 aromatic heterocycles. The van der Waals surface area contributed by atoms with Crippen LogP contribution in [0, 0.1) is 24.0 Å². The van der Waals surface area contributed by atoms with Crippen molar-refractivity contribution in [2.75, 3.05) is 6.54 Å². The number of aryl methyl sites for hydroxylation is 1. The molecule has 0 fully saturated rings. The first-order valence-corrected chi connectivity index (χ1v) is 9.71. The van der Waals surface area contributed by atoms with Gasteiger partial charge in [0.2, 0.25) is 5.91 Å². The zero-order valence-corrected chi connectivity index (χ0v) is 17.3. The van der Waals surface area contributed by atoms with Crippen LogP contribution in [0.15, 0.2) is 54.6 Å².